The van der Waals surface area contributed by atoms with Crippen molar-refractivity contribution in [2.75, 3.05) is 52.5 Å². The van der Waals surface area contributed by atoms with Crippen LogP contribution in [0.15, 0.2) is 29.6 Å². The number of halogens is 1. The highest BCUT2D eigenvalue weighted by molar-refractivity contribution is 7.09. The van der Waals surface area contributed by atoms with E-state index in [1.807, 2.05) is 10.3 Å². The molecule has 7 nitrogen and oxygen atoms in total. The fourth-order valence-electron chi connectivity index (χ4n) is 4.26. The molecule has 4 rings (SSSR count). The van der Waals surface area contributed by atoms with Crippen LogP contribution in [-0.4, -0.2) is 79.1 Å². The number of carbonyl (C=O) groups is 2. The number of rotatable bonds is 8. The molecule has 33 heavy (non-hydrogen) atoms. The van der Waals surface area contributed by atoms with Crippen molar-refractivity contribution in [2.45, 2.75) is 31.6 Å². The Bertz CT molecular complexity index is 922. The van der Waals surface area contributed by atoms with Crippen molar-refractivity contribution in [3.05, 3.63) is 51.7 Å². The van der Waals surface area contributed by atoms with Gasteiger partial charge in [-0.2, -0.15) is 0 Å². The van der Waals surface area contributed by atoms with E-state index in [1.165, 1.54) is 23.5 Å². The summed E-state index contributed by atoms with van der Waals surface area (Å²) in [7, 11) is 0. The first-order valence-electron chi connectivity index (χ1n) is 11.6. The van der Waals surface area contributed by atoms with Crippen LogP contribution in [-0.2, 0) is 16.0 Å². The third-order valence-electron chi connectivity index (χ3n) is 6.26. The highest BCUT2D eigenvalue weighted by Crippen LogP contribution is 2.30. The molecule has 0 saturated carbocycles. The van der Waals surface area contributed by atoms with Crippen molar-refractivity contribution in [1.29, 1.82) is 0 Å². The average molecular weight is 475 g/mol. The van der Waals surface area contributed by atoms with E-state index in [9.17, 15) is 14.0 Å². The second-order valence-electron chi connectivity index (χ2n) is 8.59. The van der Waals surface area contributed by atoms with Crippen LogP contribution in [0.2, 0.25) is 0 Å². The third-order valence-corrected chi connectivity index (χ3v) is 7.27. The summed E-state index contributed by atoms with van der Waals surface area (Å²) in [6.45, 7) is 6.44. The number of benzene rings is 1. The molecule has 3 heterocycles. The maximum atomic E-state index is 13.1. The number of amides is 2. The molecule has 2 fully saturated rings. The first kappa shape index (κ1) is 23.8. The second kappa shape index (κ2) is 11.7. The van der Waals surface area contributed by atoms with Gasteiger partial charge < -0.3 is 15.0 Å². The molecule has 0 radical (unpaired) electrons. The molecule has 0 atom stereocenters. The van der Waals surface area contributed by atoms with Gasteiger partial charge in [-0.1, -0.05) is 12.1 Å². The smallest absolute Gasteiger partial charge is 0.270 e. The Morgan fingerprint density at radius 3 is 2.58 bits per heavy atom. The fourth-order valence-corrected chi connectivity index (χ4v) is 5.24. The predicted octanol–water partition coefficient (Wildman–Crippen LogP) is 2.68. The van der Waals surface area contributed by atoms with Crippen LogP contribution in [0.4, 0.5) is 4.39 Å². The molecule has 2 aromatic rings. The van der Waals surface area contributed by atoms with Crippen LogP contribution in [0.1, 0.15) is 46.2 Å². The van der Waals surface area contributed by atoms with Crippen molar-refractivity contribution in [3.8, 4) is 0 Å². The summed E-state index contributed by atoms with van der Waals surface area (Å²) in [6, 6.07) is 6.08. The van der Waals surface area contributed by atoms with Gasteiger partial charge in [0.15, 0.2) is 0 Å². The molecule has 178 valence electrons. The molecule has 1 N–H and O–H groups in total. The molecule has 2 amide bonds. The summed E-state index contributed by atoms with van der Waals surface area (Å²) in [5.41, 5.74) is 1.31. The number of carbonyl (C=O) groups excluding carboxylic acids is 2. The van der Waals surface area contributed by atoms with Crippen LogP contribution < -0.4 is 5.32 Å². The number of piperidine rings is 1. The van der Waals surface area contributed by atoms with Crippen LogP contribution >= 0.6 is 11.3 Å². The third kappa shape index (κ3) is 6.82. The summed E-state index contributed by atoms with van der Waals surface area (Å²) >= 11 is 1.53. The Kier molecular flexibility index (Phi) is 8.41. The van der Waals surface area contributed by atoms with Gasteiger partial charge in [0.05, 0.1) is 24.6 Å². The quantitative estimate of drug-likeness (QED) is 0.596. The zero-order chi connectivity index (χ0) is 23.0. The summed E-state index contributed by atoms with van der Waals surface area (Å²) in [4.78, 5) is 33.8. The van der Waals surface area contributed by atoms with Crippen LogP contribution in [0, 0.1) is 5.82 Å². The van der Waals surface area contributed by atoms with E-state index in [0.717, 1.165) is 62.7 Å². The lowest BCUT2D eigenvalue weighted by atomic mass is 9.97. The Labute approximate surface area is 197 Å². The SMILES string of the molecule is O=C(NCCCN1CCOCC1)c1csc(C2CCN(C(=O)Cc3ccc(F)cc3)CC2)n1. The van der Waals surface area contributed by atoms with E-state index in [2.05, 4.69) is 15.2 Å². The number of thiazole rings is 1. The second-order valence-corrected chi connectivity index (χ2v) is 9.48. The molecular formula is C24H31FN4O3S. The first-order valence-corrected chi connectivity index (χ1v) is 12.5. The molecule has 9 heteroatoms. The number of nitrogens with zero attached hydrogens (tertiary/aromatic N) is 3. The number of likely N-dealkylation sites (tertiary alicyclic amines) is 1. The van der Waals surface area contributed by atoms with Crippen molar-refractivity contribution in [3.63, 3.8) is 0 Å². The van der Waals surface area contributed by atoms with Gasteiger partial charge >= 0.3 is 0 Å². The van der Waals surface area contributed by atoms with Crippen molar-refractivity contribution in [1.82, 2.24) is 20.1 Å². The molecule has 0 spiro atoms. The molecule has 2 aliphatic rings. The number of hydrogen-bond acceptors (Lipinski definition) is 6. The van der Waals surface area contributed by atoms with E-state index in [4.69, 9.17) is 4.74 Å². The Morgan fingerprint density at radius 1 is 1.12 bits per heavy atom. The molecule has 2 aliphatic heterocycles. The lowest BCUT2D eigenvalue weighted by Gasteiger charge is -2.31. The molecule has 1 aromatic heterocycles. The zero-order valence-electron chi connectivity index (χ0n) is 18.8. The van der Waals surface area contributed by atoms with Crippen molar-refractivity contribution < 1.29 is 18.7 Å². The molecule has 1 aromatic carbocycles. The van der Waals surface area contributed by atoms with Crippen LogP contribution in [0.3, 0.4) is 0 Å². The van der Waals surface area contributed by atoms with Gasteiger partial charge in [0.2, 0.25) is 5.91 Å². The number of aromatic nitrogens is 1. The highest BCUT2D eigenvalue weighted by atomic mass is 32.1. The zero-order valence-corrected chi connectivity index (χ0v) is 19.6. The van der Waals surface area contributed by atoms with Crippen molar-refractivity contribution in [2.24, 2.45) is 0 Å². The normalized spacial score (nSPS) is 17.8. The lowest BCUT2D eigenvalue weighted by Crippen LogP contribution is -2.38. The number of hydrogen-bond donors (Lipinski definition) is 1. The van der Waals surface area contributed by atoms with Gasteiger partial charge in [-0.05, 0) is 43.5 Å². The van der Waals surface area contributed by atoms with Crippen LogP contribution in [0.5, 0.6) is 0 Å². The molecule has 0 aliphatic carbocycles. The summed E-state index contributed by atoms with van der Waals surface area (Å²) in [6.07, 6.45) is 2.87. The standard InChI is InChI=1S/C24H31FN4O3S/c25-20-4-2-18(3-5-20)16-22(30)29-10-6-19(7-11-29)24-27-21(17-33-24)23(31)26-8-1-9-28-12-14-32-15-13-28/h2-5,17,19H,1,6-16H2,(H,26,31). The summed E-state index contributed by atoms with van der Waals surface area (Å²) in [5, 5.41) is 5.78. The number of nitrogens with one attached hydrogen (secondary N) is 1. The Morgan fingerprint density at radius 2 is 1.85 bits per heavy atom. The van der Waals surface area contributed by atoms with Gasteiger partial charge in [-0.25, -0.2) is 9.37 Å². The number of ether oxygens (including phenoxy) is 1. The van der Waals surface area contributed by atoms with Gasteiger partial charge in [0.1, 0.15) is 11.5 Å². The lowest BCUT2D eigenvalue weighted by molar-refractivity contribution is -0.131. The maximum Gasteiger partial charge on any atom is 0.270 e. The van der Waals surface area contributed by atoms with E-state index < -0.39 is 0 Å². The molecular weight excluding hydrogens is 443 g/mol. The molecule has 0 bridgehead atoms. The summed E-state index contributed by atoms with van der Waals surface area (Å²) in [5.74, 6) is -0.0769. The van der Waals surface area contributed by atoms with E-state index in [0.29, 0.717) is 25.3 Å². The largest absolute Gasteiger partial charge is 0.379 e. The first-order chi connectivity index (χ1) is 16.1. The van der Waals surface area contributed by atoms with Gasteiger partial charge in [-0.15, -0.1) is 11.3 Å². The predicted molar refractivity (Wildman–Crippen MR) is 125 cm³/mol. The Balaban J connectivity index is 1.18. The van der Waals surface area contributed by atoms with E-state index >= 15 is 0 Å². The van der Waals surface area contributed by atoms with Gasteiger partial charge in [0, 0.05) is 44.0 Å². The van der Waals surface area contributed by atoms with Crippen molar-refractivity contribution >= 4 is 23.2 Å². The average Bonchev–Trinajstić information content (AvgIpc) is 3.34. The molecule has 0 unspecified atom stereocenters. The van der Waals surface area contributed by atoms with E-state index in [-0.39, 0.29) is 30.0 Å². The maximum absolute atomic E-state index is 13.1. The monoisotopic (exact) mass is 474 g/mol. The fraction of sp³-hybridized carbons (Fsp3) is 0.542. The number of morpholine rings is 1. The van der Waals surface area contributed by atoms with E-state index in [1.54, 1.807) is 12.1 Å². The molecule has 2 saturated heterocycles. The van der Waals surface area contributed by atoms with Crippen LogP contribution in [0.25, 0.3) is 0 Å². The minimum Gasteiger partial charge on any atom is -0.379 e. The van der Waals surface area contributed by atoms with Gasteiger partial charge in [-0.3, -0.25) is 14.5 Å². The summed E-state index contributed by atoms with van der Waals surface area (Å²) < 4.78 is 18.4. The Hall–Kier alpha value is -2.36. The topological polar surface area (TPSA) is 74.8 Å². The minimum atomic E-state index is -0.295. The van der Waals surface area contributed by atoms with Gasteiger partial charge in [0.25, 0.3) is 5.91 Å². The highest BCUT2D eigenvalue weighted by Gasteiger charge is 2.26. The minimum absolute atomic E-state index is 0.0661.